The number of hydrogen-bond acceptors (Lipinski definition) is 4. The Balaban J connectivity index is 1.32. The molecule has 3 heterocycles. The van der Waals surface area contributed by atoms with E-state index in [4.69, 9.17) is 23.2 Å². The first kappa shape index (κ1) is 26.5. The van der Waals surface area contributed by atoms with Gasteiger partial charge in [0, 0.05) is 43.3 Å². The molecule has 3 aliphatic rings. The van der Waals surface area contributed by atoms with Gasteiger partial charge in [-0.25, -0.2) is 0 Å². The normalized spacial score (nSPS) is 26.0. The van der Waals surface area contributed by atoms with Gasteiger partial charge < -0.3 is 20.0 Å². The summed E-state index contributed by atoms with van der Waals surface area (Å²) in [6.45, 7) is 5.68. The van der Waals surface area contributed by atoms with E-state index in [1.807, 2.05) is 47.9 Å². The lowest BCUT2D eigenvalue weighted by atomic mass is 9.98. The lowest BCUT2D eigenvalue weighted by Crippen LogP contribution is -2.55. The monoisotopic (exact) mass is 542 g/mol. The van der Waals surface area contributed by atoms with Gasteiger partial charge in [0.05, 0.1) is 22.6 Å². The van der Waals surface area contributed by atoms with Crippen molar-refractivity contribution in [3.8, 4) is 0 Å². The maximum absolute atomic E-state index is 13.5. The van der Waals surface area contributed by atoms with Crippen LogP contribution in [-0.2, 0) is 4.79 Å². The first-order valence-electron chi connectivity index (χ1n) is 13.3. The SMILES string of the molecule is Cc1cc(C)cc(C(=O)N2CCN(C(=O)CNC3CC4CCC(C3)N4C)C(c3ccc(Cl)c(Cl)c3)C2)c1. The van der Waals surface area contributed by atoms with Crippen LogP contribution < -0.4 is 5.32 Å². The number of amides is 2. The van der Waals surface area contributed by atoms with Crippen LogP contribution in [0.3, 0.4) is 0 Å². The average Bonchev–Trinajstić information content (AvgIpc) is 3.07. The molecule has 37 heavy (non-hydrogen) atoms. The van der Waals surface area contributed by atoms with Crippen LogP contribution in [0.4, 0.5) is 0 Å². The van der Waals surface area contributed by atoms with E-state index in [1.54, 1.807) is 6.07 Å². The van der Waals surface area contributed by atoms with Crippen molar-refractivity contribution in [3.63, 3.8) is 0 Å². The quantitative estimate of drug-likeness (QED) is 0.586. The number of rotatable bonds is 5. The van der Waals surface area contributed by atoms with Gasteiger partial charge in [-0.15, -0.1) is 0 Å². The van der Waals surface area contributed by atoms with Gasteiger partial charge >= 0.3 is 0 Å². The van der Waals surface area contributed by atoms with Crippen molar-refractivity contribution in [2.75, 3.05) is 33.2 Å². The van der Waals surface area contributed by atoms with Crippen LogP contribution >= 0.6 is 23.2 Å². The lowest BCUT2D eigenvalue weighted by Gasteiger charge is -2.42. The molecule has 0 spiro atoms. The van der Waals surface area contributed by atoms with Crippen LogP contribution in [0.1, 0.15) is 58.8 Å². The summed E-state index contributed by atoms with van der Waals surface area (Å²) in [5.74, 6) is 0.0460. The van der Waals surface area contributed by atoms with Gasteiger partial charge in [0.15, 0.2) is 0 Å². The molecule has 3 unspecified atom stereocenters. The van der Waals surface area contributed by atoms with E-state index in [0.29, 0.717) is 59.9 Å². The molecule has 198 valence electrons. The molecule has 3 aliphatic heterocycles. The van der Waals surface area contributed by atoms with Crippen molar-refractivity contribution in [1.29, 1.82) is 0 Å². The summed E-state index contributed by atoms with van der Waals surface area (Å²) in [7, 11) is 2.23. The van der Waals surface area contributed by atoms with E-state index in [9.17, 15) is 9.59 Å². The summed E-state index contributed by atoms with van der Waals surface area (Å²) in [6.07, 6.45) is 4.69. The second-order valence-electron chi connectivity index (χ2n) is 11.0. The van der Waals surface area contributed by atoms with Crippen LogP contribution in [0.25, 0.3) is 0 Å². The average molecular weight is 544 g/mol. The van der Waals surface area contributed by atoms with Gasteiger partial charge in [-0.05, 0) is 76.4 Å². The minimum absolute atomic E-state index is 0.0103. The third-order valence-electron chi connectivity index (χ3n) is 8.43. The Morgan fingerprint density at radius 1 is 0.946 bits per heavy atom. The van der Waals surface area contributed by atoms with Gasteiger partial charge in [0.2, 0.25) is 5.91 Å². The molecule has 3 fully saturated rings. The Kier molecular flexibility index (Phi) is 7.83. The van der Waals surface area contributed by atoms with Crippen LogP contribution in [-0.4, -0.2) is 77.9 Å². The molecule has 3 atom stereocenters. The zero-order chi connectivity index (χ0) is 26.3. The van der Waals surface area contributed by atoms with Crippen LogP contribution in [0.5, 0.6) is 0 Å². The minimum Gasteiger partial charge on any atom is -0.334 e. The molecule has 2 aromatic carbocycles. The second kappa shape index (κ2) is 10.9. The summed E-state index contributed by atoms with van der Waals surface area (Å²) in [5, 5.41) is 4.48. The molecule has 0 radical (unpaired) electrons. The molecular weight excluding hydrogens is 507 g/mol. The van der Waals surface area contributed by atoms with Gasteiger partial charge in [-0.1, -0.05) is 46.5 Å². The standard InChI is InChI=1S/C29H36Cl2N4O2/c1-18-10-19(2)12-21(11-18)29(37)34-8-9-35(27(17-34)20-4-7-25(30)26(31)13-20)28(36)16-32-22-14-23-5-6-24(15-22)33(23)3/h4,7,10-13,22-24,27,32H,5-6,8-9,14-17H2,1-3H3. The topological polar surface area (TPSA) is 55.9 Å². The predicted molar refractivity (Wildman–Crippen MR) is 148 cm³/mol. The van der Waals surface area contributed by atoms with Crippen LogP contribution in [0.15, 0.2) is 36.4 Å². The van der Waals surface area contributed by atoms with E-state index in [1.165, 1.54) is 12.8 Å². The molecule has 3 saturated heterocycles. The molecule has 0 aromatic heterocycles. The largest absolute Gasteiger partial charge is 0.334 e. The Bertz CT molecular complexity index is 1150. The van der Waals surface area contributed by atoms with Gasteiger partial charge in [0.25, 0.3) is 5.91 Å². The number of carbonyl (C=O) groups is 2. The van der Waals surface area contributed by atoms with E-state index < -0.39 is 0 Å². The summed E-state index contributed by atoms with van der Waals surface area (Å²) in [5.41, 5.74) is 3.69. The fourth-order valence-electron chi connectivity index (χ4n) is 6.46. The van der Waals surface area contributed by atoms with Gasteiger partial charge in [0.1, 0.15) is 0 Å². The van der Waals surface area contributed by atoms with Crippen LogP contribution in [0, 0.1) is 13.8 Å². The molecule has 6 nitrogen and oxygen atoms in total. The third-order valence-corrected chi connectivity index (χ3v) is 9.16. The third kappa shape index (κ3) is 5.68. The number of benzene rings is 2. The van der Waals surface area contributed by atoms with Crippen molar-refractivity contribution >= 4 is 35.0 Å². The van der Waals surface area contributed by atoms with Gasteiger partial charge in [-0.3, -0.25) is 9.59 Å². The van der Waals surface area contributed by atoms with E-state index in [2.05, 4.69) is 23.3 Å². The van der Waals surface area contributed by atoms with Crippen molar-refractivity contribution < 1.29 is 9.59 Å². The summed E-state index contributed by atoms with van der Waals surface area (Å²) < 4.78 is 0. The molecule has 0 saturated carbocycles. The first-order chi connectivity index (χ1) is 17.7. The van der Waals surface area contributed by atoms with Crippen molar-refractivity contribution in [2.45, 2.75) is 63.7 Å². The summed E-state index contributed by atoms with van der Waals surface area (Å²) in [6, 6.07) is 12.7. The molecule has 1 N–H and O–H groups in total. The Hall–Kier alpha value is -2.12. The number of halogens is 2. The van der Waals surface area contributed by atoms with Crippen molar-refractivity contribution in [2.24, 2.45) is 0 Å². The van der Waals surface area contributed by atoms with Crippen molar-refractivity contribution in [1.82, 2.24) is 20.0 Å². The number of piperazine rings is 1. The molecule has 0 aliphatic carbocycles. The van der Waals surface area contributed by atoms with E-state index >= 15 is 0 Å². The van der Waals surface area contributed by atoms with Crippen LogP contribution in [0.2, 0.25) is 10.0 Å². The highest BCUT2D eigenvalue weighted by Gasteiger charge is 2.39. The number of nitrogens with one attached hydrogen (secondary N) is 1. The highest BCUT2D eigenvalue weighted by atomic mass is 35.5. The number of piperidine rings is 1. The molecule has 2 aromatic rings. The number of aryl methyl sites for hydroxylation is 2. The fourth-order valence-corrected chi connectivity index (χ4v) is 6.77. The molecule has 2 bridgehead atoms. The maximum atomic E-state index is 13.5. The van der Waals surface area contributed by atoms with E-state index in [-0.39, 0.29) is 17.9 Å². The summed E-state index contributed by atoms with van der Waals surface area (Å²) >= 11 is 12.6. The number of fused-ring (bicyclic) bond motifs is 2. The maximum Gasteiger partial charge on any atom is 0.254 e. The molecular formula is C29H36Cl2N4O2. The zero-order valence-electron chi connectivity index (χ0n) is 21.8. The Morgan fingerprint density at radius 3 is 2.27 bits per heavy atom. The fraction of sp³-hybridized carbons (Fsp3) is 0.517. The minimum atomic E-state index is -0.290. The predicted octanol–water partition coefficient (Wildman–Crippen LogP) is 4.85. The Morgan fingerprint density at radius 2 is 1.62 bits per heavy atom. The molecule has 2 amide bonds. The van der Waals surface area contributed by atoms with Crippen molar-refractivity contribution in [3.05, 3.63) is 68.7 Å². The molecule has 5 rings (SSSR count). The smallest absolute Gasteiger partial charge is 0.254 e. The highest BCUT2D eigenvalue weighted by Crippen LogP contribution is 2.35. The number of hydrogen-bond donors (Lipinski definition) is 1. The highest BCUT2D eigenvalue weighted by molar-refractivity contribution is 6.42. The summed E-state index contributed by atoms with van der Waals surface area (Å²) in [4.78, 5) is 33.3. The Labute approximate surface area is 229 Å². The number of nitrogens with zero attached hydrogens (tertiary/aromatic N) is 3. The van der Waals surface area contributed by atoms with E-state index in [0.717, 1.165) is 29.5 Å². The first-order valence-corrected chi connectivity index (χ1v) is 14.0. The second-order valence-corrected chi connectivity index (χ2v) is 11.8. The zero-order valence-corrected chi connectivity index (χ0v) is 23.4. The molecule has 8 heteroatoms. The van der Waals surface area contributed by atoms with Gasteiger partial charge in [-0.2, -0.15) is 0 Å². The number of carbonyl (C=O) groups excluding carboxylic acids is 2. The lowest BCUT2D eigenvalue weighted by molar-refractivity contribution is -0.135.